The summed E-state index contributed by atoms with van der Waals surface area (Å²) < 4.78 is 6.43. The molecule has 1 aliphatic carbocycles. The van der Waals surface area contributed by atoms with Crippen molar-refractivity contribution >= 4 is 55.9 Å². The van der Waals surface area contributed by atoms with Crippen LogP contribution in [-0.4, -0.2) is 26.4 Å². The third kappa shape index (κ3) is 5.52. The predicted molar refractivity (Wildman–Crippen MR) is 220 cm³/mol. The third-order valence-corrected chi connectivity index (χ3v) is 9.85. The molecule has 0 saturated heterocycles. The Kier molecular flexibility index (Phi) is 7.47. The molecule has 0 aliphatic heterocycles. The van der Waals surface area contributed by atoms with Gasteiger partial charge in [0.05, 0.1) is 17.0 Å². The summed E-state index contributed by atoms with van der Waals surface area (Å²) in [7, 11) is 0. The van der Waals surface area contributed by atoms with Crippen molar-refractivity contribution in [1.82, 2.24) is 15.0 Å². The number of hydrazone groups is 1. The minimum Gasteiger partial charge on any atom is -0.455 e. The average Bonchev–Trinajstić information content (AvgIpc) is 3.63. The zero-order chi connectivity index (χ0) is 36.0. The van der Waals surface area contributed by atoms with Crippen LogP contribution in [0.15, 0.2) is 173 Å². The fraction of sp³-hybridized carbons (Fsp3) is 0. The van der Waals surface area contributed by atoms with Crippen LogP contribution in [0.25, 0.3) is 84.1 Å². The Morgan fingerprint density at radius 1 is 0.519 bits per heavy atom. The molecule has 2 aromatic heterocycles. The summed E-state index contributed by atoms with van der Waals surface area (Å²) in [4.78, 5) is 15.2. The van der Waals surface area contributed by atoms with Gasteiger partial charge in [-0.15, -0.1) is 0 Å². The number of hydrogen-bond acceptors (Lipinski definition) is 7. The van der Waals surface area contributed by atoms with Crippen LogP contribution in [-0.2, 0) is 0 Å². The number of rotatable bonds is 6. The van der Waals surface area contributed by atoms with E-state index in [-0.39, 0.29) is 0 Å². The van der Waals surface area contributed by atoms with E-state index in [1.165, 1.54) is 0 Å². The van der Waals surface area contributed by atoms with Gasteiger partial charge in [-0.05, 0) is 63.9 Å². The third-order valence-electron chi connectivity index (χ3n) is 9.85. The molecule has 0 saturated carbocycles. The van der Waals surface area contributed by atoms with Gasteiger partial charge in [-0.2, -0.15) is 5.10 Å². The molecule has 0 unspecified atom stereocenters. The highest BCUT2D eigenvalue weighted by Gasteiger charge is 2.21. The first-order chi connectivity index (χ1) is 26.7. The molecule has 7 heteroatoms. The summed E-state index contributed by atoms with van der Waals surface area (Å²) in [6, 6.07) is 52.8. The molecular formula is C47H30N6O. The number of fused-ring (bicyclic) bond motifs is 6. The maximum absolute atomic E-state index is 9.15. The summed E-state index contributed by atoms with van der Waals surface area (Å²) in [6.07, 6.45) is 3.89. The highest BCUT2D eigenvalue weighted by atomic mass is 16.3. The normalized spacial score (nSPS) is 13.2. The second kappa shape index (κ2) is 12.9. The Morgan fingerprint density at radius 2 is 1.19 bits per heavy atom. The number of benzene rings is 7. The van der Waals surface area contributed by atoms with Gasteiger partial charge in [0, 0.05) is 27.5 Å². The maximum Gasteiger partial charge on any atom is 0.167 e. The molecule has 1 aliphatic rings. The fourth-order valence-electron chi connectivity index (χ4n) is 7.13. The van der Waals surface area contributed by atoms with Crippen LogP contribution in [0.5, 0.6) is 0 Å². The van der Waals surface area contributed by atoms with Crippen LogP contribution >= 0.6 is 0 Å². The van der Waals surface area contributed by atoms with Gasteiger partial charge >= 0.3 is 0 Å². The standard InChI is InChI=1S/C47H30N6O/c48-43-40(53-52-35-12-5-2-6-13-35)27-25-31-20-23-33-28-34(24-26-36(33)42(31)43)46-49-45(32-21-18-30(19-22-32)29-10-3-1-4-11-29)50-47(51-46)39-16-9-15-38-37-14-7-8-17-41(37)54-44(38)39/h1-28,48,52H/b48-43?,53-40-. The SMILES string of the molecule is N=C1/C(=N\Nc2ccccc2)C=Cc2ccc3cc(-c4nc(-c5ccc(-c6ccccc6)cc5)nc(-c5cccc6c5oc5ccccc56)n4)ccc3c21. The quantitative estimate of drug-likeness (QED) is 0.169. The minimum absolute atomic E-state index is 0.358. The van der Waals surface area contributed by atoms with Crippen molar-refractivity contribution in [2.45, 2.75) is 0 Å². The van der Waals surface area contributed by atoms with Gasteiger partial charge in [0.15, 0.2) is 17.5 Å². The van der Waals surface area contributed by atoms with E-state index in [2.05, 4.69) is 83.3 Å². The van der Waals surface area contributed by atoms with Crippen LogP contribution in [0.2, 0.25) is 0 Å². The average molecular weight is 695 g/mol. The molecule has 0 amide bonds. The first kappa shape index (κ1) is 31.2. The van der Waals surface area contributed by atoms with Crippen LogP contribution < -0.4 is 5.43 Å². The van der Waals surface area contributed by atoms with Gasteiger partial charge in [-0.25, -0.2) is 15.0 Å². The molecule has 10 rings (SSSR count). The molecule has 0 spiro atoms. The van der Waals surface area contributed by atoms with Gasteiger partial charge in [0.25, 0.3) is 0 Å². The number of anilines is 1. The Morgan fingerprint density at radius 3 is 2.02 bits per heavy atom. The van der Waals surface area contributed by atoms with E-state index in [4.69, 9.17) is 24.8 Å². The first-order valence-corrected chi connectivity index (χ1v) is 17.7. The van der Waals surface area contributed by atoms with Crippen molar-refractivity contribution in [2.75, 3.05) is 5.43 Å². The molecular weight excluding hydrogens is 665 g/mol. The number of nitrogens with one attached hydrogen (secondary N) is 2. The first-order valence-electron chi connectivity index (χ1n) is 17.7. The topological polar surface area (TPSA) is 100 Å². The highest BCUT2D eigenvalue weighted by Crippen LogP contribution is 2.37. The maximum atomic E-state index is 9.15. The lowest BCUT2D eigenvalue weighted by Crippen LogP contribution is -2.18. The fourth-order valence-corrected chi connectivity index (χ4v) is 7.13. The zero-order valence-corrected chi connectivity index (χ0v) is 28.9. The number of para-hydroxylation sites is 3. The molecule has 2 heterocycles. The molecule has 0 fully saturated rings. The van der Waals surface area contributed by atoms with Crippen molar-refractivity contribution in [3.05, 3.63) is 175 Å². The van der Waals surface area contributed by atoms with Gasteiger partial charge in [-0.3, -0.25) is 10.8 Å². The summed E-state index contributed by atoms with van der Waals surface area (Å²) >= 11 is 0. The summed E-state index contributed by atoms with van der Waals surface area (Å²) in [5.41, 5.74) is 13.0. The van der Waals surface area contributed by atoms with Gasteiger partial charge in [-0.1, -0.05) is 133 Å². The second-order valence-electron chi connectivity index (χ2n) is 13.2. The molecule has 0 atom stereocenters. The Bertz CT molecular complexity index is 2970. The van der Waals surface area contributed by atoms with Crippen LogP contribution in [0.4, 0.5) is 5.69 Å². The molecule has 0 radical (unpaired) electrons. The number of nitrogens with zero attached hydrogens (tertiary/aromatic N) is 4. The lowest BCUT2D eigenvalue weighted by molar-refractivity contribution is 0.669. The summed E-state index contributed by atoms with van der Waals surface area (Å²) in [6.45, 7) is 0. The van der Waals surface area contributed by atoms with Crippen LogP contribution in [0, 0.1) is 5.41 Å². The predicted octanol–water partition coefficient (Wildman–Crippen LogP) is 11.5. The largest absolute Gasteiger partial charge is 0.455 e. The Balaban J connectivity index is 1.09. The second-order valence-corrected chi connectivity index (χ2v) is 13.2. The minimum atomic E-state index is 0.358. The van der Waals surface area contributed by atoms with E-state index < -0.39 is 0 Å². The summed E-state index contributed by atoms with van der Waals surface area (Å²) in [5, 5.41) is 17.7. The molecule has 9 aromatic rings. The van der Waals surface area contributed by atoms with E-state index in [0.717, 1.165) is 77.3 Å². The monoisotopic (exact) mass is 694 g/mol. The van der Waals surface area contributed by atoms with Crippen molar-refractivity contribution in [2.24, 2.45) is 5.10 Å². The van der Waals surface area contributed by atoms with Gasteiger partial charge in [0.1, 0.15) is 16.9 Å². The van der Waals surface area contributed by atoms with Crippen molar-refractivity contribution in [3.8, 4) is 45.3 Å². The van der Waals surface area contributed by atoms with E-state index in [1.807, 2.05) is 97.1 Å². The molecule has 2 N–H and O–H groups in total. The molecule has 54 heavy (non-hydrogen) atoms. The lowest BCUT2D eigenvalue weighted by atomic mass is 9.89. The van der Waals surface area contributed by atoms with Crippen molar-refractivity contribution in [3.63, 3.8) is 0 Å². The van der Waals surface area contributed by atoms with E-state index in [9.17, 15) is 0 Å². The summed E-state index contributed by atoms with van der Waals surface area (Å²) in [5.74, 6) is 1.63. The van der Waals surface area contributed by atoms with Crippen molar-refractivity contribution < 1.29 is 4.42 Å². The van der Waals surface area contributed by atoms with E-state index in [1.54, 1.807) is 0 Å². The number of furan rings is 1. The molecule has 7 aromatic carbocycles. The number of aromatic nitrogens is 3. The molecule has 254 valence electrons. The van der Waals surface area contributed by atoms with E-state index >= 15 is 0 Å². The smallest absolute Gasteiger partial charge is 0.167 e. The molecule has 0 bridgehead atoms. The molecule has 7 nitrogen and oxygen atoms in total. The van der Waals surface area contributed by atoms with Crippen molar-refractivity contribution in [1.29, 1.82) is 5.41 Å². The van der Waals surface area contributed by atoms with Gasteiger partial charge < -0.3 is 4.42 Å². The van der Waals surface area contributed by atoms with Crippen LogP contribution in [0.3, 0.4) is 0 Å². The van der Waals surface area contributed by atoms with Crippen LogP contribution in [0.1, 0.15) is 11.1 Å². The zero-order valence-electron chi connectivity index (χ0n) is 28.9. The van der Waals surface area contributed by atoms with Gasteiger partial charge in [0.2, 0.25) is 0 Å². The lowest BCUT2D eigenvalue weighted by Gasteiger charge is -2.17. The number of allylic oxidation sites excluding steroid dienone is 1. The highest BCUT2D eigenvalue weighted by molar-refractivity contribution is 6.55. The Hall–Kier alpha value is -7.51. The number of hydrogen-bond donors (Lipinski definition) is 2. The Labute approximate surface area is 310 Å². The van der Waals surface area contributed by atoms with E-state index in [0.29, 0.717) is 28.9 Å².